The molecule has 2 aliphatic heterocycles. The molecule has 0 radical (unpaired) electrons. The molecule has 0 aromatic heterocycles. The Morgan fingerprint density at radius 2 is 1.38 bits per heavy atom. The molecule has 37 heavy (non-hydrogen) atoms. The summed E-state index contributed by atoms with van der Waals surface area (Å²) >= 11 is 5.88. The first-order valence-corrected chi connectivity index (χ1v) is 12.3. The van der Waals surface area contributed by atoms with Crippen molar-refractivity contribution < 1.29 is 19.4 Å². The second-order valence-corrected chi connectivity index (χ2v) is 9.47. The Balaban J connectivity index is 0.00000190. The lowest BCUT2D eigenvalue weighted by atomic mass is 9.94. The van der Waals surface area contributed by atoms with Gasteiger partial charge >= 0.3 is 0 Å². The third-order valence-corrected chi connectivity index (χ3v) is 6.94. The van der Waals surface area contributed by atoms with Crippen molar-refractivity contribution in [3.05, 3.63) is 76.8 Å². The first-order valence-electron chi connectivity index (χ1n) is 11.9. The molecule has 1 fully saturated rings. The Morgan fingerprint density at radius 1 is 0.811 bits per heavy atom. The average molecular weight is 567 g/mol. The SMILES string of the molecule is Cl.Cl.O=C1c2cccc3cccc(c23)C(=O)N1CCN1CCN(CC(O)COc2ccc(Cl)cc2)CC1. The number of carbonyl (C=O) groups excluding carboxylic acids is 2. The van der Waals surface area contributed by atoms with Gasteiger partial charge in [-0.2, -0.15) is 0 Å². The van der Waals surface area contributed by atoms with Crippen molar-refractivity contribution >= 4 is 59.0 Å². The van der Waals surface area contributed by atoms with Crippen molar-refractivity contribution in [1.29, 1.82) is 0 Å². The van der Waals surface area contributed by atoms with Crippen LogP contribution in [0.1, 0.15) is 20.7 Å². The molecule has 0 spiro atoms. The highest BCUT2D eigenvalue weighted by Crippen LogP contribution is 2.29. The number of piperazine rings is 1. The van der Waals surface area contributed by atoms with E-state index in [1.807, 2.05) is 24.3 Å². The van der Waals surface area contributed by atoms with Gasteiger partial charge in [0.1, 0.15) is 18.5 Å². The molecule has 1 N–H and O–H groups in total. The van der Waals surface area contributed by atoms with Crippen molar-refractivity contribution in [1.82, 2.24) is 14.7 Å². The van der Waals surface area contributed by atoms with Crippen molar-refractivity contribution in [2.75, 3.05) is 52.4 Å². The minimum atomic E-state index is -0.594. The largest absolute Gasteiger partial charge is 0.491 e. The van der Waals surface area contributed by atoms with Crippen LogP contribution in [0, 0.1) is 0 Å². The number of ether oxygens (including phenoxy) is 1. The molecule has 3 aromatic carbocycles. The molecule has 10 heteroatoms. The standard InChI is InChI=1S/C27H28ClN3O4.2ClH/c28-20-7-9-22(10-8-20)35-18-21(32)17-30-13-11-29(12-14-30)15-16-31-26(33)23-5-1-3-19-4-2-6-24(25(19)23)27(31)34;;/h1-10,21,32H,11-18H2;2*1H. The molecular formula is C27H30Cl3N3O4. The lowest BCUT2D eigenvalue weighted by molar-refractivity contribution is 0.0416. The molecule has 0 saturated carbocycles. The number of carbonyl (C=O) groups is 2. The molecule has 3 aromatic rings. The Morgan fingerprint density at radius 3 is 1.97 bits per heavy atom. The van der Waals surface area contributed by atoms with E-state index in [0.717, 1.165) is 37.0 Å². The number of rotatable bonds is 8. The smallest absolute Gasteiger partial charge is 0.261 e. The zero-order valence-electron chi connectivity index (χ0n) is 20.2. The molecular weight excluding hydrogens is 537 g/mol. The number of aliphatic hydroxyl groups is 1. The highest BCUT2D eigenvalue weighted by atomic mass is 35.5. The van der Waals surface area contributed by atoms with Crippen molar-refractivity contribution in [3.8, 4) is 5.75 Å². The Labute approximate surface area is 233 Å². The van der Waals surface area contributed by atoms with E-state index < -0.39 is 6.10 Å². The lowest BCUT2D eigenvalue weighted by Gasteiger charge is -2.36. The molecule has 7 nitrogen and oxygen atoms in total. The molecule has 1 saturated heterocycles. The Hall–Kier alpha value is -2.39. The number of benzene rings is 3. The van der Waals surface area contributed by atoms with E-state index in [-0.39, 0.29) is 43.2 Å². The maximum absolute atomic E-state index is 13.1. The van der Waals surface area contributed by atoms with Crippen molar-refractivity contribution in [3.63, 3.8) is 0 Å². The van der Waals surface area contributed by atoms with Crippen molar-refractivity contribution in [2.24, 2.45) is 0 Å². The van der Waals surface area contributed by atoms with Gasteiger partial charge in [0.2, 0.25) is 0 Å². The van der Waals surface area contributed by atoms with Crippen LogP contribution >= 0.6 is 36.4 Å². The van der Waals surface area contributed by atoms with Gasteiger partial charge in [0.15, 0.2) is 0 Å². The van der Waals surface area contributed by atoms with E-state index in [0.29, 0.717) is 41.5 Å². The van der Waals surface area contributed by atoms with Crippen LogP contribution in [0.3, 0.4) is 0 Å². The maximum Gasteiger partial charge on any atom is 0.261 e. The van der Waals surface area contributed by atoms with Gasteiger partial charge in [-0.3, -0.25) is 24.3 Å². The summed E-state index contributed by atoms with van der Waals surface area (Å²) in [5, 5.41) is 12.7. The molecule has 2 heterocycles. The number of imide groups is 1. The molecule has 0 aliphatic carbocycles. The summed E-state index contributed by atoms with van der Waals surface area (Å²) in [7, 11) is 0. The zero-order chi connectivity index (χ0) is 24.4. The number of halogens is 3. The second kappa shape index (κ2) is 12.9. The monoisotopic (exact) mass is 565 g/mol. The van der Waals surface area contributed by atoms with Gasteiger partial charge in [0.05, 0.1) is 0 Å². The number of β-amino-alcohol motifs (C(OH)–C–C–N with tert-alkyl or cyclic N) is 1. The Kier molecular flexibility index (Phi) is 10.2. The van der Waals surface area contributed by atoms with E-state index in [1.54, 1.807) is 36.4 Å². The van der Waals surface area contributed by atoms with Crippen LogP contribution in [-0.4, -0.2) is 90.1 Å². The summed E-state index contributed by atoms with van der Waals surface area (Å²) in [4.78, 5) is 32.0. The molecule has 1 unspecified atom stereocenters. The van der Waals surface area contributed by atoms with Gasteiger partial charge in [-0.1, -0.05) is 35.9 Å². The fraction of sp³-hybridized carbons (Fsp3) is 0.333. The van der Waals surface area contributed by atoms with E-state index in [4.69, 9.17) is 16.3 Å². The van der Waals surface area contributed by atoms with Crippen LogP contribution in [0.5, 0.6) is 5.75 Å². The topological polar surface area (TPSA) is 73.3 Å². The van der Waals surface area contributed by atoms with Crippen LogP contribution in [0.4, 0.5) is 0 Å². The summed E-state index contributed by atoms with van der Waals surface area (Å²) < 4.78 is 5.64. The number of hydrogen-bond donors (Lipinski definition) is 1. The first kappa shape index (κ1) is 29.2. The first-order chi connectivity index (χ1) is 17.0. The minimum absolute atomic E-state index is 0. The normalized spacial score (nSPS) is 16.8. The van der Waals surface area contributed by atoms with Crippen LogP contribution in [-0.2, 0) is 0 Å². The molecule has 1 atom stereocenters. The van der Waals surface area contributed by atoms with E-state index in [2.05, 4.69) is 9.80 Å². The minimum Gasteiger partial charge on any atom is -0.491 e. The van der Waals surface area contributed by atoms with Gasteiger partial charge < -0.3 is 9.84 Å². The number of hydrogen-bond acceptors (Lipinski definition) is 6. The summed E-state index contributed by atoms with van der Waals surface area (Å²) in [5.41, 5.74) is 1.19. The average Bonchev–Trinajstić information content (AvgIpc) is 2.88. The van der Waals surface area contributed by atoms with Gasteiger partial charge in [0, 0.05) is 67.3 Å². The Bertz CT molecular complexity index is 1180. The summed E-state index contributed by atoms with van der Waals surface area (Å²) in [6, 6.07) is 18.3. The molecule has 2 amide bonds. The maximum atomic E-state index is 13.1. The van der Waals surface area contributed by atoms with E-state index in [9.17, 15) is 14.7 Å². The highest BCUT2D eigenvalue weighted by molar-refractivity contribution is 6.30. The lowest BCUT2D eigenvalue weighted by Crippen LogP contribution is -2.51. The predicted octanol–water partition coefficient (Wildman–Crippen LogP) is 3.99. The third-order valence-electron chi connectivity index (χ3n) is 6.69. The summed E-state index contributed by atoms with van der Waals surface area (Å²) in [5.74, 6) is 0.238. The number of aliphatic hydroxyl groups excluding tert-OH is 1. The third kappa shape index (κ3) is 6.55. The quantitative estimate of drug-likeness (QED) is 0.416. The number of nitrogens with zero attached hydrogens (tertiary/aromatic N) is 3. The molecule has 198 valence electrons. The number of amides is 2. The van der Waals surface area contributed by atoms with Crippen molar-refractivity contribution in [2.45, 2.75) is 6.10 Å². The van der Waals surface area contributed by atoms with Crippen LogP contribution in [0.2, 0.25) is 5.02 Å². The molecule has 0 bridgehead atoms. The van der Waals surface area contributed by atoms with Crippen LogP contribution < -0.4 is 4.74 Å². The second-order valence-electron chi connectivity index (χ2n) is 9.03. The van der Waals surface area contributed by atoms with Crippen LogP contribution in [0.15, 0.2) is 60.7 Å². The summed E-state index contributed by atoms with van der Waals surface area (Å²) in [6.45, 7) is 4.98. The van der Waals surface area contributed by atoms with E-state index >= 15 is 0 Å². The fourth-order valence-corrected chi connectivity index (χ4v) is 4.92. The fourth-order valence-electron chi connectivity index (χ4n) is 4.79. The highest BCUT2D eigenvalue weighted by Gasteiger charge is 2.33. The van der Waals surface area contributed by atoms with Crippen LogP contribution in [0.25, 0.3) is 10.8 Å². The zero-order valence-corrected chi connectivity index (χ0v) is 22.6. The predicted molar refractivity (Wildman–Crippen MR) is 150 cm³/mol. The van der Waals surface area contributed by atoms with E-state index in [1.165, 1.54) is 4.90 Å². The molecule has 5 rings (SSSR count). The van der Waals surface area contributed by atoms with Gasteiger partial charge in [0.25, 0.3) is 11.8 Å². The van der Waals surface area contributed by atoms with Gasteiger partial charge in [-0.05, 0) is 41.8 Å². The van der Waals surface area contributed by atoms with Gasteiger partial charge in [-0.15, -0.1) is 24.8 Å². The molecule has 2 aliphatic rings. The van der Waals surface area contributed by atoms with Gasteiger partial charge in [-0.25, -0.2) is 0 Å². The summed E-state index contributed by atoms with van der Waals surface area (Å²) in [6.07, 6.45) is -0.594.